The van der Waals surface area contributed by atoms with E-state index < -0.39 is 5.97 Å². The number of carbonyl (C=O) groups is 2. The number of aryl methyl sites for hydroxylation is 1. The van der Waals surface area contributed by atoms with Gasteiger partial charge in [0.15, 0.2) is 6.61 Å². The van der Waals surface area contributed by atoms with E-state index in [1.165, 1.54) is 11.3 Å². The predicted octanol–water partition coefficient (Wildman–Crippen LogP) is 5.08. The molecule has 2 aromatic heterocycles. The van der Waals surface area contributed by atoms with Gasteiger partial charge in [0.1, 0.15) is 5.82 Å². The minimum atomic E-state index is -0.592. The maximum atomic E-state index is 12.9. The summed E-state index contributed by atoms with van der Waals surface area (Å²) in [7, 11) is 0. The van der Waals surface area contributed by atoms with E-state index in [0.717, 1.165) is 15.6 Å². The zero-order valence-electron chi connectivity index (χ0n) is 18.3. The van der Waals surface area contributed by atoms with E-state index in [1.807, 2.05) is 37.3 Å². The Morgan fingerprint density at radius 3 is 2.47 bits per heavy atom. The quantitative estimate of drug-likeness (QED) is 0.277. The van der Waals surface area contributed by atoms with Gasteiger partial charge in [-0.1, -0.05) is 48.5 Å². The van der Waals surface area contributed by atoms with Gasteiger partial charge in [-0.15, -0.1) is 11.3 Å². The lowest BCUT2D eigenvalue weighted by molar-refractivity contribution is 0.0474. The summed E-state index contributed by atoms with van der Waals surface area (Å²) in [4.78, 5) is 45.9. The highest BCUT2D eigenvalue weighted by Crippen LogP contribution is 2.31. The van der Waals surface area contributed by atoms with Crippen molar-refractivity contribution in [3.05, 3.63) is 111 Å². The van der Waals surface area contributed by atoms with Gasteiger partial charge in [0.25, 0.3) is 5.56 Å². The molecule has 0 spiro atoms. The Morgan fingerprint density at radius 2 is 1.65 bits per heavy atom. The van der Waals surface area contributed by atoms with E-state index in [-0.39, 0.29) is 24.4 Å². The molecular weight excluding hydrogens is 448 g/mol. The average Bonchev–Trinajstić information content (AvgIpc) is 3.19. The van der Waals surface area contributed by atoms with Crippen molar-refractivity contribution >= 4 is 44.1 Å². The van der Waals surface area contributed by atoms with Crippen LogP contribution in [0.15, 0.2) is 77.6 Å². The molecule has 5 aromatic rings. The first-order chi connectivity index (χ1) is 16.5. The number of H-pyrrole nitrogens is 1. The van der Waals surface area contributed by atoms with Crippen LogP contribution in [-0.2, 0) is 11.2 Å². The molecule has 0 atom stereocenters. The fraction of sp³-hybridized carbons (Fsp3) is 0.111. The number of Topliss-reactive ketones (excluding diaryl/α,β-unsaturated/α-hetero) is 1. The largest absolute Gasteiger partial charge is 0.454 e. The van der Waals surface area contributed by atoms with Gasteiger partial charge < -0.3 is 9.72 Å². The van der Waals surface area contributed by atoms with E-state index >= 15 is 0 Å². The summed E-state index contributed by atoms with van der Waals surface area (Å²) in [5.41, 5.74) is 2.24. The summed E-state index contributed by atoms with van der Waals surface area (Å²) < 4.78 is 6.42. The Labute approximate surface area is 198 Å². The Morgan fingerprint density at radius 1 is 0.941 bits per heavy atom. The smallest absolute Gasteiger partial charge is 0.338 e. The SMILES string of the molecule is Cc1c(C(=O)COC(=O)c2ccccc2Cc2nc3ccccc3c(=O)[nH]2)sc2ccccc12. The summed E-state index contributed by atoms with van der Waals surface area (Å²) >= 11 is 1.40. The number of para-hydroxylation sites is 1. The van der Waals surface area contributed by atoms with E-state index in [4.69, 9.17) is 4.74 Å². The number of ether oxygens (including phenoxy) is 1. The lowest BCUT2D eigenvalue weighted by Crippen LogP contribution is -2.16. The molecule has 0 saturated heterocycles. The molecule has 0 fully saturated rings. The van der Waals surface area contributed by atoms with Gasteiger partial charge in [0.05, 0.1) is 21.3 Å². The van der Waals surface area contributed by atoms with Crippen LogP contribution in [0.5, 0.6) is 0 Å². The molecule has 168 valence electrons. The van der Waals surface area contributed by atoms with Gasteiger partial charge in [-0.3, -0.25) is 9.59 Å². The molecule has 5 rings (SSSR count). The van der Waals surface area contributed by atoms with Gasteiger partial charge in [-0.05, 0) is 47.7 Å². The lowest BCUT2D eigenvalue weighted by Gasteiger charge is -2.09. The van der Waals surface area contributed by atoms with Crippen LogP contribution in [0.2, 0.25) is 0 Å². The second kappa shape index (κ2) is 9.03. The molecule has 0 bridgehead atoms. The van der Waals surface area contributed by atoms with E-state index in [2.05, 4.69) is 9.97 Å². The van der Waals surface area contributed by atoms with Gasteiger partial charge in [0, 0.05) is 11.1 Å². The fourth-order valence-electron chi connectivity index (χ4n) is 3.99. The molecule has 0 radical (unpaired) electrons. The third-order valence-corrected chi connectivity index (χ3v) is 7.00. The third-order valence-electron chi connectivity index (χ3n) is 5.69. The topological polar surface area (TPSA) is 89.1 Å². The summed E-state index contributed by atoms with van der Waals surface area (Å²) in [6.07, 6.45) is 0.245. The molecule has 6 nitrogen and oxygen atoms in total. The number of hydrogen-bond donors (Lipinski definition) is 1. The molecule has 0 unspecified atom stereocenters. The number of nitrogens with zero attached hydrogens (tertiary/aromatic N) is 1. The summed E-state index contributed by atoms with van der Waals surface area (Å²) in [5, 5.41) is 1.54. The molecule has 0 saturated carbocycles. The van der Waals surface area contributed by atoms with Crippen LogP contribution in [0, 0.1) is 6.92 Å². The van der Waals surface area contributed by atoms with Crippen molar-refractivity contribution in [2.45, 2.75) is 13.3 Å². The highest BCUT2D eigenvalue weighted by atomic mass is 32.1. The molecule has 0 aliphatic heterocycles. The van der Waals surface area contributed by atoms with Crippen molar-refractivity contribution in [1.82, 2.24) is 9.97 Å². The summed E-state index contributed by atoms with van der Waals surface area (Å²) in [6, 6.07) is 21.9. The number of aromatic nitrogens is 2. The maximum absolute atomic E-state index is 12.9. The molecule has 0 amide bonds. The number of nitrogens with one attached hydrogen (secondary N) is 1. The van der Waals surface area contributed by atoms with Gasteiger partial charge >= 0.3 is 5.97 Å². The zero-order chi connectivity index (χ0) is 23.7. The number of aromatic amines is 1. The van der Waals surface area contributed by atoms with E-state index in [1.54, 1.807) is 42.5 Å². The predicted molar refractivity (Wildman–Crippen MR) is 133 cm³/mol. The Bertz CT molecular complexity index is 1620. The zero-order valence-corrected chi connectivity index (χ0v) is 19.1. The van der Waals surface area contributed by atoms with Gasteiger partial charge in [0.2, 0.25) is 5.78 Å². The summed E-state index contributed by atoms with van der Waals surface area (Å²) in [6.45, 7) is 1.56. The second-order valence-corrected chi connectivity index (χ2v) is 8.97. The highest BCUT2D eigenvalue weighted by molar-refractivity contribution is 7.21. The fourth-order valence-corrected chi connectivity index (χ4v) is 5.12. The second-order valence-electron chi connectivity index (χ2n) is 7.92. The van der Waals surface area contributed by atoms with Crippen LogP contribution in [0.1, 0.15) is 37.0 Å². The average molecular weight is 469 g/mol. The number of benzene rings is 3. The normalized spacial score (nSPS) is 11.1. The number of carbonyl (C=O) groups excluding carboxylic acids is 2. The number of fused-ring (bicyclic) bond motifs is 2. The van der Waals surface area contributed by atoms with Crippen LogP contribution in [0.25, 0.3) is 21.0 Å². The van der Waals surface area contributed by atoms with Crippen molar-refractivity contribution in [2.24, 2.45) is 0 Å². The Balaban J connectivity index is 1.35. The van der Waals surface area contributed by atoms with E-state index in [0.29, 0.717) is 32.7 Å². The van der Waals surface area contributed by atoms with Crippen LogP contribution >= 0.6 is 11.3 Å². The summed E-state index contributed by atoms with van der Waals surface area (Å²) in [5.74, 6) is -0.378. The first kappa shape index (κ1) is 21.7. The van der Waals surface area contributed by atoms with Gasteiger partial charge in [-0.25, -0.2) is 9.78 Å². The Kier molecular flexibility index (Phi) is 5.77. The van der Waals surface area contributed by atoms with Crippen LogP contribution < -0.4 is 5.56 Å². The maximum Gasteiger partial charge on any atom is 0.338 e. The van der Waals surface area contributed by atoms with Crippen molar-refractivity contribution in [3.8, 4) is 0 Å². The number of ketones is 1. The molecule has 1 N–H and O–H groups in total. The van der Waals surface area contributed by atoms with Crippen LogP contribution in [-0.4, -0.2) is 28.3 Å². The molecule has 34 heavy (non-hydrogen) atoms. The standard InChI is InChI=1S/C27H20N2O4S/c1-16-18-9-5-7-13-23(18)34-25(16)22(30)15-33-27(32)19-10-3-2-8-17(19)14-24-28-21-12-6-4-11-20(21)26(31)29-24/h2-13H,14-15H2,1H3,(H,28,29,31). The highest BCUT2D eigenvalue weighted by Gasteiger charge is 2.19. The van der Waals surface area contributed by atoms with Crippen molar-refractivity contribution < 1.29 is 14.3 Å². The minimum Gasteiger partial charge on any atom is -0.454 e. The van der Waals surface area contributed by atoms with E-state index in [9.17, 15) is 14.4 Å². The molecular formula is C27H20N2O4S. The Hall–Kier alpha value is -4.10. The minimum absolute atomic E-state index is 0.231. The monoisotopic (exact) mass is 468 g/mol. The van der Waals surface area contributed by atoms with Gasteiger partial charge in [-0.2, -0.15) is 0 Å². The van der Waals surface area contributed by atoms with Crippen molar-refractivity contribution in [3.63, 3.8) is 0 Å². The molecule has 0 aliphatic rings. The third kappa shape index (κ3) is 4.13. The van der Waals surface area contributed by atoms with Crippen molar-refractivity contribution in [1.29, 1.82) is 0 Å². The number of rotatable bonds is 6. The van der Waals surface area contributed by atoms with Crippen LogP contribution in [0.3, 0.4) is 0 Å². The van der Waals surface area contributed by atoms with Crippen LogP contribution in [0.4, 0.5) is 0 Å². The molecule has 3 aromatic carbocycles. The molecule has 2 heterocycles. The first-order valence-corrected chi connectivity index (χ1v) is 11.6. The number of thiophene rings is 1. The number of hydrogen-bond acceptors (Lipinski definition) is 6. The molecule has 0 aliphatic carbocycles. The molecule has 7 heteroatoms. The lowest BCUT2D eigenvalue weighted by atomic mass is 10.0. The number of esters is 1. The van der Waals surface area contributed by atoms with Crippen molar-refractivity contribution in [2.75, 3.05) is 6.61 Å². The first-order valence-electron chi connectivity index (χ1n) is 10.8.